The van der Waals surface area contributed by atoms with Crippen LogP contribution < -0.4 is 10.1 Å². The second-order valence-corrected chi connectivity index (χ2v) is 5.63. The van der Waals surface area contributed by atoms with Crippen molar-refractivity contribution in [2.45, 2.75) is 45.8 Å². The van der Waals surface area contributed by atoms with E-state index in [0.29, 0.717) is 29.8 Å². The molecule has 0 radical (unpaired) electrons. The molecule has 0 aliphatic carbocycles. The van der Waals surface area contributed by atoms with Crippen LogP contribution in [-0.2, 0) is 0 Å². The maximum atomic E-state index is 9.94. The summed E-state index contributed by atoms with van der Waals surface area (Å²) in [6.07, 6.45) is 1.68. The highest BCUT2D eigenvalue weighted by Crippen LogP contribution is 2.16. The fraction of sp³-hybridized carbons (Fsp3) is 0.588. The van der Waals surface area contributed by atoms with E-state index in [2.05, 4.69) is 32.2 Å². The lowest BCUT2D eigenvalue weighted by molar-refractivity contribution is 0.103. The van der Waals surface area contributed by atoms with Gasteiger partial charge in [0.05, 0.1) is 5.56 Å². The van der Waals surface area contributed by atoms with Crippen molar-refractivity contribution in [3.63, 3.8) is 0 Å². The molecular weight excluding hydrogens is 264 g/mol. The van der Waals surface area contributed by atoms with Crippen LogP contribution in [0.15, 0.2) is 24.3 Å². The fourth-order valence-corrected chi connectivity index (χ4v) is 2.12. The van der Waals surface area contributed by atoms with E-state index in [1.807, 2.05) is 6.07 Å². The minimum absolute atomic E-state index is 0.182. The van der Waals surface area contributed by atoms with Crippen LogP contribution in [0.2, 0.25) is 0 Å². The second-order valence-electron chi connectivity index (χ2n) is 5.63. The average Bonchev–Trinajstić information content (AvgIpc) is 2.50. The first-order valence-electron chi connectivity index (χ1n) is 7.60. The van der Waals surface area contributed by atoms with E-state index in [4.69, 9.17) is 10.00 Å². The Balaban J connectivity index is 2.31. The van der Waals surface area contributed by atoms with Crippen LogP contribution in [0.4, 0.5) is 0 Å². The highest BCUT2D eigenvalue weighted by molar-refractivity contribution is 5.42. The van der Waals surface area contributed by atoms with Crippen molar-refractivity contribution in [1.29, 1.82) is 5.26 Å². The van der Waals surface area contributed by atoms with Gasteiger partial charge in [-0.2, -0.15) is 5.26 Å². The van der Waals surface area contributed by atoms with E-state index in [0.717, 1.165) is 6.42 Å². The number of aliphatic hydroxyl groups is 1. The molecule has 0 aliphatic rings. The third-order valence-corrected chi connectivity index (χ3v) is 3.59. The van der Waals surface area contributed by atoms with Crippen molar-refractivity contribution < 1.29 is 9.84 Å². The highest BCUT2D eigenvalue weighted by Gasteiger charge is 2.11. The number of nitrogens with one attached hydrogen (secondary N) is 1. The zero-order valence-corrected chi connectivity index (χ0v) is 13.2. The molecule has 0 saturated heterocycles. The van der Waals surface area contributed by atoms with Gasteiger partial charge in [-0.3, -0.25) is 0 Å². The summed E-state index contributed by atoms with van der Waals surface area (Å²) < 4.78 is 5.51. The van der Waals surface area contributed by atoms with Gasteiger partial charge >= 0.3 is 0 Å². The molecule has 0 spiro atoms. The molecule has 3 atom stereocenters. The smallest absolute Gasteiger partial charge is 0.137 e. The third-order valence-electron chi connectivity index (χ3n) is 3.59. The van der Waals surface area contributed by atoms with Crippen molar-refractivity contribution in [3.8, 4) is 11.8 Å². The summed E-state index contributed by atoms with van der Waals surface area (Å²) >= 11 is 0. The maximum absolute atomic E-state index is 9.94. The summed E-state index contributed by atoms with van der Waals surface area (Å²) in [6, 6.07) is 9.50. The number of ether oxygens (including phenoxy) is 1. The summed E-state index contributed by atoms with van der Waals surface area (Å²) in [5, 5.41) is 22.2. The van der Waals surface area contributed by atoms with Crippen LogP contribution >= 0.6 is 0 Å². The summed E-state index contributed by atoms with van der Waals surface area (Å²) in [4.78, 5) is 0. The van der Waals surface area contributed by atoms with Gasteiger partial charge in [-0.1, -0.05) is 32.4 Å². The van der Waals surface area contributed by atoms with Gasteiger partial charge in [0.2, 0.25) is 0 Å². The number of rotatable bonds is 9. The Morgan fingerprint density at radius 2 is 2.05 bits per heavy atom. The SMILES string of the molecule is CCC(C)CC(C)NCC(O)COc1ccccc1C#N. The molecule has 21 heavy (non-hydrogen) atoms. The van der Waals surface area contributed by atoms with Crippen LogP contribution in [0.5, 0.6) is 5.75 Å². The van der Waals surface area contributed by atoms with Gasteiger partial charge in [0.25, 0.3) is 0 Å². The van der Waals surface area contributed by atoms with Gasteiger partial charge in [-0.25, -0.2) is 0 Å². The minimum Gasteiger partial charge on any atom is -0.489 e. The van der Waals surface area contributed by atoms with Crippen molar-refractivity contribution in [2.24, 2.45) is 5.92 Å². The van der Waals surface area contributed by atoms with Gasteiger partial charge in [0, 0.05) is 12.6 Å². The topological polar surface area (TPSA) is 65.3 Å². The summed E-state index contributed by atoms with van der Waals surface area (Å²) in [5.41, 5.74) is 0.489. The molecule has 1 rings (SSSR count). The molecule has 0 fully saturated rings. The molecule has 116 valence electrons. The quantitative estimate of drug-likeness (QED) is 0.734. The zero-order chi connectivity index (χ0) is 15.7. The predicted molar refractivity (Wildman–Crippen MR) is 84.2 cm³/mol. The lowest BCUT2D eigenvalue weighted by Crippen LogP contribution is -2.37. The molecule has 4 heteroatoms. The molecule has 1 aromatic rings. The van der Waals surface area contributed by atoms with Crippen molar-refractivity contribution in [2.75, 3.05) is 13.2 Å². The van der Waals surface area contributed by atoms with E-state index < -0.39 is 6.10 Å². The molecule has 0 aliphatic heterocycles. The summed E-state index contributed by atoms with van der Waals surface area (Å²) in [7, 11) is 0. The number of nitriles is 1. The molecule has 1 aromatic carbocycles. The number of aliphatic hydroxyl groups excluding tert-OH is 1. The van der Waals surface area contributed by atoms with E-state index in [1.54, 1.807) is 18.2 Å². The van der Waals surface area contributed by atoms with Crippen LogP contribution in [-0.4, -0.2) is 30.4 Å². The lowest BCUT2D eigenvalue weighted by Gasteiger charge is -2.20. The fourth-order valence-electron chi connectivity index (χ4n) is 2.12. The molecule has 3 unspecified atom stereocenters. The Bertz CT molecular complexity index is 456. The van der Waals surface area contributed by atoms with Gasteiger partial charge in [0.15, 0.2) is 0 Å². The molecule has 0 heterocycles. The standard InChI is InChI=1S/C17H26N2O2/c1-4-13(2)9-14(3)19-11-16(20)12-21-17-8-6-5-7-15(17)10-18/h5-8,13-14,16,19-20H,4,9,11-12H2,1-3H3. The van der Waals surface area contributed by atoms with Gasteiger partial charge in [0.1, 0.15) is 24.5 Å². The number of para-hydroxylation sites is 1. The molecule has 0 aromatic heterocycles. The first kappa shape index (κ1) is 17.5. The number of benzene rings is 1. The largest absolute Gasteiger partial charge is 0.489 e. The summed E-state index contributed by atoms with van der Waals surface area (Å²) in [6.45, 7) is 7.22. The monoisotopic (exact) mass is 290 g/mol. The zero-order valence-electron chi connectivity index (χ0n) is 13.2. The Labute approximate surface area is 127 Å². The number of nitrogens with zero attached hydrogens (tertiary/aromatic N) is 1. The molecular formula is C17H26N2O2. The van der Waals surface area contributed by atoms with Crippen LogP contribution in [0.1, 0.15) is 39.2 Å². The highest BCUT2D eigenvalue weighted by atomic mass is 16.5. The molecule has 0 bridgehead atoms. The molecule has 0 saturated carbocycles. The first-order valence-corrected chi connectivity index (χ1v) is 7.60. The second kappa shape index (κ2) is 9.38. The van der Waals surface area contributed by atoms with E-state index in [9.17, 15) is 5.11 Å². The minimum atomic E-state index is -0.587. The summed E-state index contributed by atoms with van der Waals surface area (Å²) in [5.74, 6) is 1.20. The Morgan fingerprint density at radius 1 is 1.33 bits per heavy atom. The van der Waals surface area contributed by atoms with Crippen molar-refractivity contribution in [3.05, 3.63) is 29.8 Å². The predicted octanol–water partition coefficient (Wildman–Crippen LogP) is 2.71. The molecule has 0 amide bonds. The van der Waals surface area contributed by atoms with Crippen LogP contribution in [0.25, 0.3) is 0 Å². The van der Waals surface area contributed by atoms with E-state index >= 15 is 0 Å². The van der Waals surface area contributed by atoms with E-state index in [-0.39, 0.29) is 6.61 Å². The number of hydrogen-bond acceptors (Lipinski definition) is 4. The Kier molecular flexibility index (Phi) is 7.81. The van der Waals surface area contributed by atoms with Crippen molar-refractivity contribution >= 4 is 0 Å². The average molecular weight is 290 g/mol. The third kappa shape index (κ3) is 6.61. The Morgan fingerprint density at radius 3 is 2.71 bits per heavy atom. The van der Waals surface area contributed by atoms with Gasteiger partial charge in [-0.15, -0.1) is 0 Å². The van der Waals surface area contributed by atoms with Crippen LogP contribution in [0, 0.1) is 17.2 Å². The maximum Gasteiger partial charge on any atom is 0.137 e. The number of hydrogen-bond donors (Lipinski definition) is 2. The Hall–Kier alpha value is -1.57. The van der Waals surface area contributed by atoms with Gasteiger partial charge < -0.3 is 15.2 Å². The van der Waals surface area contributed by atoms with E-state index in [1.165, 1.54) is 6.42 Å². The first-order chi connectivity index (χ1) is 10.1. The van der Waals surface area contributed by atoms with Crippen molar-refractivity contribution in [1.82, 2.24) is 5.32 Å². The molecule has 2 N–H and O–H groups in total. The normalized spacial score (nSPS) is 15.0. The lowest BCUT2D eigenvalue weighted by atomic mass is 10.0. The van der Waals surface area contributed by atoms with Crippen LogP contribution in [0.3, 0.4) is 0 Å². The van der Waals surface area contributed by atoms with Gasteiger partial charge in [-0.05, 0) is 31.4 Å². The molecule has 4 nitrogen and oxygen atoms in total.